The second-order valence-electron chi connectivity index (χ2n) is 9.29. The Hall–Kier alpha value is -2.12. The third kappa shape index (κ3) is 5.69. The number of sulfonamides is 1. The summed E-state index contributed by atoms with van der Waals surface area (Å²) in [6.45, 7) is 5.11. The molecule has 3 rings (SSSR count). The number of hydrogen-bond donors (Lipinski definition) is 2. The number of likely N-dealkylation sites (N-methyl/N-ethyl adjacent to an activating group) is 1. The van der Waals surface area contributed by atoms with Crippen LogP contribution in [0, 0.1) is 17.8 Å². The van der Waals surface area contributed by atoms with Crippen molar-refractivity contribution in [1.82, 2.24) is 9.21 Å². The fourth-order valence-corrected chi connectivity index (χ4v) is 6.02. The maximum atomic E-state index is 13.5. The van der Waals surface area contributed by atoms with Crippen LogP contribution in [0.25, 0.3) is 0 Å². The van der Waals surface area contributed by atoms with Crippen LogP contribution in [-0.2, 0) is 14.8 Å². The highest BCUT2D eigenvalue weighted by Gasteiger charge is 2.38. The Balaban J connectivity index is 2.06. The van der Waals surface area contributed by atoms with Gasteiger partial charge in [-0.25, -0.2) is 8.42 Å². The summed E-state index contributed by atoms with van der Waals surface area (Å²) in [4.78, 5) is 13.4. The van der Waals surface area contributed by atoms with Gasteiger partial charge in [-0.1, -0.05) is 18.8 Å². The number of rotatable bonds is 4. The van der Waals surface area contributed by atoms with Crippen LogP contribution >= 0.6 is 0 Å². The number of aliphatic hydroxyl groups is 2. The maximum Gasteiger partial charge on any atom is 0.247 e. The van der Waals surface area contributed by atoms with E-state index in [9.17, 15) is 23.4 Å². The Labute approximate surface area is 196 Å². The van der Waals surface area contributed by atoms with Crippen molar-refractivity contribution >= 4 is 15.9 Å². The van der Waals surface area contributed by atoms with Crippen LogP contribution in [0.3, 0.4) is 0 Å². The molecule has 1 saturated carbocycles. The quantitative estimate of drug-likeness (QED) is 0.637. The van der Waals surface area contributed by atoms with Crippen molar-refractivity contribution in [2.24, 2.45) is 5.92 Å². The fraction of sp³-hybridized carbons (Fsp3) is 0.625. The lowest BCUT2D eigenvalue weighted by Crippen LogP contribution is -2.50. The van der Waals surface area contributed by atoms with Crippen molar-refractivity contribution in [2.75, 3.05) is 26.7 Å². The molecular weight excluding hydrogens is 444 g/mol. The molecule has 0 spiro atoms. The van der Waals surface area contributed by atoms with Crippen molar-refractivity contribution in [2.45, 2.75) is 69.1 Å². The van der Waals surface area contributed by atoms with Gasteiger partial charge in [0.1, 0.15) is 22.4 Å². The van der Waals surface area contributed by atoms with Crippen LogP contribution in [0.5, 0.6) is 5.75 Å². The lowest BCUT2D eigenvalue weighted by Gasteiger charge is -2.37. The van der Waals surface area contributed by atoms with Gasteiger partial charge in [-0.15, -0.1) is 0 Å². The second kappa shape index (κ2) is 10.0. The number of benzene rings is 1. The summed E-state index contributed by atoms with van der Waals surface area (Å²) in [6, 6.07) is 4.03. The summed E-state index contributed by atoms with van der Waals surface area (Å²) in [7, 11) is -2.27. The third-order valence-corrected chi connectivity index (χ3v) is 8.55. The van der Waals surface area contributed by atoms with E-state index in [2.05, 4.69) is 11.8 Å². The minimum Gasteiger partial charge on any atom is -0.487 e. The van der Waals surface area contributed by atoms with E-state index in [1.54, 1.807) is 26.1 Å². The van der Waals surface area contributed by atoms with Crippen LogP contribution in [0.15, 0.2) is 23.1 Å². The molecule has 0 radical (unpaired) electrons. The van der Waals surface area contributed by atoms with Gasteiger partial charge < -0.3 is 19.8 Å². The van der Waals surface area contributed by atoms with E-state index in [-0.39, 0.29) is 42.2 Å². The molecule has 0 bridgehead atoms. The minimum absolute atomic E-state index is 0.00435. The van der Waals surface area contributed by atoms with Gasteiger partial charge in [-0.2, -0.15) is 4.31 Å². The molecule has 182 valence electrons. The normalized spacial score (nSPS) is 24.9. The Morgan fingerprint density at radius 1 is 1.36 bits per heavy atom. The van der Waals surface area contributed by atoms with E-state index in [0.29, 0.717) is 18.4 Å². The number of carbonyl (C=O) groups excluding carboxylic acids is 1. The summed E-state index contributed by atoms with van der Waals surface area (Å²) < 4.78 is 34.5. The van der Waals surface area contributed by atoms with Gasteiger partial charge in [0.15, 0.2) is 0 Å². The van der Waals surface area contributed by atoms with Gasteiger partial charge in [-0.05, 0) is 50.8 Å². The average Bonchev–Trinajstić information content (AvgIpc) is 3.20. The third-order valence-electron chi connectivity index (χ3n) is 6.53. The summed E-state index contributed by atoms with van der Waals surface area (Å²) in [5.41, 5.74) is -0.468. The topological polar surface area (TPSA) is 107 Å². The second-order valence-corrected chi connectivity index (χ2v) is 11.1. The van der Waals surface area contributed by atoms with Crippen molar-refractivity contribution in [3.8, 4) is 17.6 Å². The highest BCUT2D eigenvalue weighted by molar-refractivity contribution is 7.89. The van der Waals surface area contributed by atoms with Crippen molar-refractivity contribution in [3.05, 3.63) is 23.8 Å². The molecule has 3 atom stereocenters. The number of carbonyl (C=O) groups is 1. The van der Waals surface area contributed by atoms with Gasteiger partial charge in [0.2, 0.25) is 15.9 Å². The lowest BCUT2D eigenvalue weighted by molar-refractivity contribution is -0.129. The predicted molar refractivity (Wildman–Crippen MR) is 124 cm³/mol. The monoisotopic (exact) mass is 478 g/mol. The number of hydrogen-bond acceptors (Lipinski definition) is 6. The van der Waals surface area contributed by atoms with Crippen LogP contribution in [0.2, 0.25) is 0 Å². The molecule has 1 aromatic rings. The minimum atomic E-state index is -3.94. The molecule has 1 aromatic carbocycles. The Kier molecular flexibility index (Phi) is 7.74. The van der Waals surface area contributed by atoms with Gasteiger partial charge >= 0.3 is 0 Å². The van der Waals surface area contributed by atoms with Crippen LogP contribution in [-0.4, -0.2) is 78.2 Å². The number of aliphatic hydroxyl groups excluding tert-OH is 1. The first-order valence-corrected chi connectivity index (χ1v) is 12.8. The fourth-order valence-electron chi connectivity index (χ4n) is 4.19. The molecule has 1 fully saturated rings. The highest BCUT2D eigenvalue weighted by Crippen LogP contribution is 2.34. The molecule has 9 heteroatoms. The summed E-state index contributed by atoms with van der Waals surface area (Å²) in [5, 5.41) is 20.2. The lowest BCUT2D eigenvalue weighted by atomic mass is 10.0. The largest absolute Gasteiger partial charge is 0.487 e. The summed E-state index contributed by atoms with van der Waals surface area (Å²) >= 11 is 0. The number of nitrogens with zero attached hydrogens (tertiary/aromatic N) is 2. The Morgan fingerprint density at radius 2 is 2.03 bits per heavy atom. The molecule has 2 aliphatic rings. The molecule has 2 N–H and O–H groups in total. The average molecular weight is 479 g/mol. The summed E-state index contributed by atoms with van der Waals surface area (Å²) in [5.74, 6) is 5.70. The van der Waals surface area contributed by atoms with Crippen LogP contribution in [0.4, 0.5) is 0 Å². The smallest absolute Gasteiger partial charge is 0.247 e. The number of fused-ring (bicyclic) bond motifs is 1. The molecule has 1 aliphatic heterocycles. The Bertz CT molecular complexity index is 1040. The SMILES string of the molecule is CC(=O)N(C)C[C@@H]1Oc2cc(C#CC3(O)CCCC3)ccc2S(=O)(=O)N([C@@H](C)CO)C[C@H]1C. The zero-order chi connectivity index (χ0) is 24.4. The van der Waals surface area contributed by atoms with E-state index >= 15 is 0 Å². The molecule has 0 saturated heterocycles. The molecule has 0 aromatic heterocycles. The van der Waals surface area contributed by atoms with Crippen molar-refractivity contribution in [1.29, 1.82) is 0 Å². The van der Waals surface area contributed by atoms with E-state index in [1.165, 1.54) is 22.2 Å². The predicted octanol–water partition coefficient (Wildman–Crippen LogP) is 1.59. The first kappa shape index (κ1) is 25.5. The zero-order valence-electron chi connectivity index (χ0n) is 19.7. The zero-order valence-corrected chi connectivity index (χ0v) is 20.6. The molecule has 0 unspecified atom stereocenters. The van der Waals surface area contributed by atoms with E-state index < -0.39 is 27.8 Å². The van der Waals surface area contributed by atoms with Gasteiger partial charge in [0, 0.05) is 38.0 Å². The molecule has 1 aliphatic carbocycles. The van der Waals surface area contributed by atoms with Gasteiger partial charge in [0.05, 0.1) is 13.2 Å². The van der Waals surface area contributed by atoms with Crippen molar-refractivity contribution < 1.29 is 28.2 Å². The highest BCUT2D eigenvalue weighted by atomic mass is 32.2. The standard InChI is InChI=1S/C24H34N2O6S/c1-17-14-26(18(2)16-27)33(30,31)23-8-7-20(9-12-24(29)10-5-6-11-24)13-21(23)32-22(17)15-25(4)19(3)28/h7-8,13,17-18,22,27,29H,5-6,10-11,14-16H2,1-4H3/t17-,18+,22+/m1/s1. The first-order valence-electron chi connectivity index (χ1n) is 11.4. The van der Waals surface area contributed by atoms with Crippen LogP contribution < -0.4 is 4.74 Å². The molecule has 1 amide bonds. The molecular formula is C24H34N2O6S. The molecule has 1 heterocycles. The Morgan fingerprint density at radius 3 is 2.64 bits per heavy atom. The number of ether oxygens (including phenoxy) is 1. The van der Waals surface area contributed by atoms with E-state index in [4.69, 9.17) is 4.74 Å². The van der Waals surface area contributed by atoms with Gasteiger partial charge in [-0.3, -0.25) is 4.79 Å². The summed E-state index contributed by atoms with van der Waals surface area (Å²) in [6.07, 6.45) is 2.64. The molecule has 33 heavy (non-hydrogen) atoms. The maximum absolute atomic E-state index is 13.5. The molecule has 8 nitrogen and oxygen atoms in total. The first-order chi connectivity index (χ1) is 15.5. The number of amides is 1. The van der Waals surface area contributed by atoms with Gasteiger partial charge in [0.25, 0.3) is 0 Å². The van der Waals surface area contributed by atoms with E-state index in [1.807, 2.05) is 6.92 Å². The van der Waals surface area contributed by atoms with E-state index in [0.717, 1.165) is 12.8 Å². The van der Waals surface area contributed by atoms with Crippen molar-refractivity contribution in [3.63, 3.8) is 0 Å². The van der Waals surface area contributed by atoms with Crippen LogP contribution in [0.1, 0.15) is 52.0 Å².